The molecule has 2 rings (SSSR count). The highest BCUT2D eigenvalue weighted by Gasteiger charge is 1.96. The predicted octanol–water partition coefficient (Wildman–Crippen LogP) is 4.13. The third-order valence-corrected chi connectivity index (χ3v) is 2.63. The second kappa shape index (κ2) is 6.04. The Morgan fingerprint density at radius 3 is 2.12 bits per heavy atom. The fourth-order valence-electron chi connectivity index (χ4n) is 1.71. The molecule has 1 nitrogen and oxygen atoms in total. The van der Waals surface area contributed by atoms with Gasteiger partial charge in [-0.05, 0) is 29.7 Å². The molecule has 88 valence electrons. The van der Waals surface area contributed by atoms with Crippen molar-refractivity contribution in [2.75, 3.05) is 18.5 Å². The highest BCUT2D eigenvalue weighted by Crippen LogP contribution is 2.20. The summed E-state index contributed by atoms with van der Waals surface area (Å²) in [5.41, 5.74) is 3.45. The molecule has 0 fully saturated rings. The van der Waals surface area contributed by atoms with Gasteiger partial charge in [0, 0.05) is 12.2 Å². The maximum Gasteiger partial charge on any atom is 0.0911 e. The van der Waals surface area contributed by atoms with Gasteiger partial charge in [-0.2, -0.15) is 0 Å². The topological polar surface area (TPSA) is 12.0 Å². The minimum absolute atomic E-state index is 0.269. The summed E-state index contributed by atoms with van der Waals surface area (Å²) in [4.78, 5) is 0. The van der Waals surface area contributed by atoms with Gasteiger partial charge in [-0.25, -0.2) is 0 Å². The van der Waals surface area contributed by atoms with Crippen LogP contribution in [0.25, 0.3) is 11.1 Å². The van der Waals surface area contributed by atoms with E-state index in [-0.39, 0.29) is 6.67 Å². The molecule has 0 amide bonds. The maximum atomic E-state index is 11.9. The maximum absolute atomic E-state index is 11.9. The number of rotatable bonds is 5. The fourth-order valence-corrected chi connectivity index (χ4v) is 1.71. The molecular formula is C15H16FN. The van der Waals surface area contributed by atoms with Gasteiger partial charge in [-0.1, -0.05) is 42.5 Å². The molecule has 0 atom stereocenters. The van der Waals surface area contributed by atoms with Crippen LogP contribution in [-0.2, 0) is 0 Å². The van der Waals surface area contributed by atoms with Crippen LogP contribution in [0.15, 0.2) is 54.6 Å². The molecule has 2 aromatic carbocycles. The summed E-state index contributed by atoms with van der Waals surface area (Å²) in [5.74, 6) is 0. The van der Waals surface area contributed by atoms with Gasteiger partial charge in [-0.15, -0.1) is 0 Å². The highest BCUT2D eigenvalue weighted by atomic mass is 19.1. The monoisotopic (exact) mass is 229 g/mol. The van der Waals surface area contributed by atoms with Gasteiger partial charge in [0.05, 0.1) is 6.67 Å². The van der Waals surface area contributed by atoms with Crippen molar-refractivity contribution < 1.29 is 4.39 Å². The second-order valence-corrected chi connectivity index (χ2v) is 3.91. The first kappa shape index (κ1) is 11.6. The van der Waals surface area contributed by atoms with E-state index < -0.39 is 0 Å². The van der Waals surface area contributed by atoms with E-state index in [9.17, 15) is 4.39 Å². The van der Waals surface area contributed by atoms with Crippen LogP contribution in [0.3, 0.4) is 0 Å². The fraction of sp³-hybridized carbons (Fsp3) is 0.200. The molecule has 0 aliphatic heterocycles. The molecule has 0 unspecified atom stereocenters. The van der Waals surface area contributed by atoms with E-state index in [4.69, 9.17) is 0 Å². The lowest BCUT2D eigenvalue weighted by molar-refractivity contribution is 0.481. The van der Waals surface area contributed by atoms with Crippen molar-refractivity contribution in [2.24, 2.45) is 0 Å². The van der Waals surface area contributed by atoms with Crippen molar-refractivity contribution in [3.05, 3.63) is 54.6 Å². The van der Waals surface area contributed by atoms with Crippen molar-refractivity contribution in [2.45, 2.75) is 6.42 Å². The van der Waals surface area contributed by atoms with Gasteiger partial charge >= 0.3 is 0 Å². The third-order valence-electron chi connectivity index (χ3n) is 2.63. The van der Waals surface area contributed by atoms with E-state index in [0.29, 0.717) is 13.0 Å². The zero-order valence-corrected chi connectivity index (χ0v) is 9.70. The Kier molecular flexibility index (Phi) is 4.14. The normalized spacial score (nSPS) is 10.2. The molecule has 2 heteroatoms. The number of hydrogen-bond donors (Lipinski definition) is 1. The average molecular weight is 229 g/mol. The van der Waals surface area contributed by atoms with Crippen molar-refractivity contribution in [3.63, 3.8) is 0 Å². The highest BCUT2D eigenvalue weighted by molar-refractivity contribution is 5.65. The van der Waals surface area contributed by atoms with E-state index in [1.54, 1.807) is 0 Å². The molecule has 0 aliphatic rings. The summed E-state index contributed by atoms with van der Waals surface area (Å²) < 4.78 is 11.9. The smallest absolute Gasteiger partial charge is 0.0911 e. The van der Waals surface area contributed by atoms with Crippen molar-refractivity contribution in [1.29, 1.82) is 0 Å². The third kappa shape index (κ3) is 3.31. The number of halogens is 1. The first-order valence-electron chi connectivity index (χ1n) is 5.85. The van der Waals surface area contributed by atoms with Crippen LogP contribution in [0.5, 0.6) is 0 Å². The summed E-state index contributed by atoms with van der Waals surface area (Å²) in [6, 6.07) is 18.5. The van der Waals surface area contributed by atoms with Gasteiger partial charge in [0.1, 0.15) is 0 Å². The first-order valence-corrected chi connectivity index (χ1v) is 5.85. The standard InChI is InChI=1S/C15H16FN/c16-11-4-12-17-15-9-7-14(8-10-15)13-5-2-1-3-6-13/h1-3,5-10,17H,4,11-12H2. The van der Waals surface area contributed by atoms with Gasteiger partial charge < -0.3 is 5.32 Å². The summed E-state index contributed by atoms with van der Waals surface area (Å²) >= 11 is 0. The van der Waals surface area contributed by atoms with Crippen LogP contribution in [0.1, 0.15) is 6.42 Å². The molecule has 0 aliphatic carbocycles. The lowest BCUT2D eigenvalue weighted by Crippen LogP contribution is -2.01. The summed E-state index contributed by atoms with van der Waals surface area (Å²) in [6.07, 6.45) is 0.556. The van der Waals surface area contributed by atoms with Gasteiger partial charge in [0.2, 0.25) is 0 Å². The molecule has 2 aromatic rings. The van der Waals surface area contributed by atoms with Gasteiger partial charge in [0.25, 0.3) is 0 Å². The minimum atomic E-state index is -0.269. The van der Waals surface area contributed by atoms with E-state index in [0.717, 1.165) is 5.69 Å². The summed E-state index contributed by atoms with van der Waals surface area (Å²) in [7, 11) is 0. The molecule has 1 N–H and O–H groups in total. The van der Waals surface area contributed by atoms with E-state index in [2.05, 4.69) is 29.6 Å². The molecular weight excluding hydrogens is 213 g/mol. The number of anilines is 1. The second-order valence-electron chi connectivity index (χ2n) is 3.91. The number of alkyl halides is 1. The molecule has 17 heavy (non-hydrogen) atoms. The Bertz CT molecular complexity index is 436. The van der Waals surface area contributed by atoms with Crippen LogP contribution in [0, 0.1) is 0 Å². The lowest BCUT2D eigenvalue weighted by atomic mass is 10.1. The Morgan fingerprint density at radius 1 is 0.824 bits per heavy atom. The minimum Gasteiger partial charge on any atom is -0.385 e. The molecule has 0 bridgehead atoms. The number of hydrogen-bond acceptors (Lipinski definition) is 1. The molecule has 0 heterocycles. The lowest BCUT2D eigenvalue weighted by Gasteiger charge is -2.06. The van der Waals surface area contributed by atoms with Gasteiger partial charge in [-0.3, -0.25) is 4.39 Å². The van der Waals surface area contributed by atoms with Crippen LogP contribution in [0.2, 0.25) is 0 Å². The van der Waals surface area contributed by atoms with Gasteiger partial charge in [0.15, 0.2) is 0 Å². The van der Waals surface area contributed by atoms with E-state index in [1.807, 2.05) is 30.3 Å². The Hall–Kier alpha value is -1.83. The van der Waals surface area contributed by atoms with E-state index >= 15 is 0 Å². The number of benzene rings is 2. The zero-order chi connectivity index (χ0) is 11.9. The van der Waals surface area contributed by atoms with Crippen LogP contribution in [0.4, 0.5) is 10.1 Å². The SMILES string of the molecule is FCCCNc1ccc(-c2ccccc2)cc1. The average Bonchev–Trinajstić information content (AvgIpc) is 2.41. The number of nitrogens with one attached hydrogen (secondary N) is 1. The molecule has 0 aromatic heterocycles. The van der Waals surface area contributed by atoms with Crippen LogP contribution < -0.4 is 5.32 Å². The molecule has 0 radical (unpaired) electrons. The van der Waals surface area contributed by atoms with Crippen molar-refractivity contribution in [3.8, 4) is 11.1 Å². The van der Waals surface area contributed by atoms with Crippen molar-refractivity contribution >= 4 is 5.69 Å². The molecule has 0 saturated carbocycles. The molecule has 0 spiro atoms. The first-order chi connectivity index (χ1) is 8.40. The predicted molar refractivity (Wildman–Crippen MR) is 71.0 cm³/mol. The zero-order valence-electron chi connectivity index (χ0n) is 9.70. The Labute approximate surface area is 101 Å². The quantitative estimate of drug-likeness (QED) is 0.760. The molecule has 0 saturated heterocycles. The van der Waals surface area contributed by atoms with Crippen LogP contribution in [-0.4, -0.2) is 13.2 Å². The van der Waals surface area contributed by atoms with Crippen molar-refractivity contribution in [1.82, 2.24) is 0 Å². The van der Waals surface area contributed by atoms with Crippen LogP contribution >= 0.6 is 0 Å². The Balaban J connectivity index is 2.03. The summed E-state index contributed by atoms with van der Waals surface area (Å²) in [6.45, 7) is 0.413. The summed E-state index contributed by atoms with van der Waals surface area (Å²) in [5, 5.41) is 3.18. The Morgan fingerprint density at radius 2 is 1.47 bits per heavy atom. The van der Waals surface area contributed by atoms with E-state index in [1.165, 1.54) is 11.1 Å². The largest absolute Gasteiger partial charge is 0.385 e.